The highest BCUT2D eigenvalue weighted by Crippen LogP contribution is 2.29. The molecule has 1 unspecified atom stereocenters. The van der Waals surface area contributed by atoms with Crippen LogP contribution in [0.25, 0.3) is 0 Å². The highest BCUT2D eigenvalue weighted by molar-refractivity contribution is 9.10. The highest BCUT2D eigenvalue weighted by Gasteiger charge is 2.35. The number of nitrogens with zero attached hydrogens (tertiary/aromatic N) is 1. The molecule has 1 aliphatic rings. The van der Waals surface area contributed by atoms with Crippen molar-refractivity contribution in [3.63, 3.8) is 0 Å². The average Bonchev–Trinajstić information content (AvgIpc) is 2.65. The molecule has 1 fully saturated rings. The predicted molar refractivity (Wildman–Crippen MR) is 71.7 cm³/mol. The van der Waals surface area contributed by atoms with E-state index in [9.17, 15) is 0 Å². The number of rotatable bonds is 3. The number of benzene rings is 1. The predicted octanol–water partition coefficient (Wildman–Crippen LogP) is 1.89. The molecule has 3 N–H and O–H groups in total. The second-order valence-electron chi connectivity index (χ2n) is 4.58. The summed E-state index contributed by atoms with van der Waals surface area (Å²) < 4.78 is 1.09. The molecule has 16 heavy (non-hydrogen) atoms. The Labute approximate surface area is 105 Å². The Balaban J connectivity index is 2.16. The Hall–Kier alpha value is -0.580. The fraction of sp³-hybridized carbons (Fsp3) is 0.500. The Morgan fingerprint density at radius 3 is 2.81 bits per heavy atom. The number of nitrogens with two attached hydrogens (primary N) is 1. The van der Waals surface area contributed by atoms with Crippen molar-refractivity contribution in [1.29, 1.82) is 0 Å². The van der Waals surface area contributed by atoms with Crippen LogP contribution in [0.15, 0.2) is 28.7 Å². The third-order valence-electron chi connectivity index (χ3n) is 3.21. The second-order valence-corrected chi connectivity index (χ2v) is 5.43. The quantitative estimate of drug-likeness (QED) is 0.890. The number of likely N-dealkylation sites (tertiary alicyclic amines) is 1. The van der Waals surface area contributed by atoms with E-state index in [0.717, 1.165) is 29.7 Å². The number of likely N-dealkylation sites (N-methyl/N-ethyl adjacent to an activating group) is 1. The first-order valence-corrected chi connectivity index (χ1v) is 6.36. The molecule has 0 aromatic heterocycles. The zero-order valence-corrected chi connectivity index (χ0v) is 11.1. The summed E-state index contributed by atoms with van der Waals surface area (Å²) in [7, 11) is 2.14. The van der Waals surface area contributed by atoms with Gasteiger partial charge in [0.1, 0.15) is 0 Å². The SMILES string of the molecule is CN1CCC(CN)(Nc2ccccc2Br)C1. The summed E-state index contributed by atoms with van der Waals surface area (Å²) in [6.07, 6.45) is 1.10. The van der Waals surface area contributed by atoms with E-state index >= 15 is 0 Å². The Bertz CT molecular complexity index is 369. The lowest BCUT2D eigenvalue weighted by Crippen LogP contribution is -2.47. The van der Waals surface area contributed by atoms with Gasteiger partial charge in [-0.1, -0.05) is 12.1 Å². The van der Waals surface area contributed by atoms with Crippen LogP contribution in [0.4, 0.5) is 5.69 Å². The number of hydrogen-bond acceptors (Lipinski definition) is 3. The van der Waals surface area contributed by atoms with E-state index in [2.05, 4.69) is 39.3 Å². The van der Waals surface area contributed by atoms with Crippen molar-refractivity contribution >= 4 is 21.6 Å². The Morgan fingerprint density at radius 1 is 1.50 bits per heavy atom. The highest BCUT2D eigenvalue weighted by atomic mass is 79.9. The molecular weight excluding hydrogens is 266 g/mol. The molecule has 1 heterocycles. The lowest BCUT2D eigenvalue weighted by atomic mass is 9.98. The molecule has 1 aliphatic heterocycles. The first kappa shape index (κ1) is 11.9. The smallest absolute Gasteiger partial charge is 0.0634 e. The van der Waals surface area contributed by atoms with Gasteiger partial charge >= 0.3 is 0 Å². The fourth-order valence-corrected chi connectivity index (χ4v) is 2.63. The van der Waals surface area contributed by atoms with E-state index in [1.54, 1.807) is 0 Å². The maximum absolute atomic E-state index is 5.92. The monoisotopic (exact) mass is 283 g/mol. The van der Waals surface area contributed by atoms with Crippen LogP contribution in [0, 0.1) is 0 Å². The first-order chi connectivity index (χ1) is 7.65. The molecule has 1 atom stereocenters. The molecule has 2 rings (SSSR count). The van der Waals surface area contributed by atoms with E-state index in [1.807, 2.05) is 18.2 Å². The van der Waals surface area contributed by atoms with Crippen molar-refractivity contribution in [2.45, 2.75) is 12.0 Å². The molecule has 0 saturated carbocycles. The van der Waals surface area contributed by atoms with Gasteiger partial charge in [-0.2, -0.15) is 0 Å². The Morgan fingerprint density at radius 2 is 2.25 bits per heavy atom. The van der Waals surface area contributed by atoms with Crippen LogP contribution in [-0.4, -0.2) is 37.1 Å². The van der Waals surface area contributed by atoms with E-state index in [4.69, 9.17) is 5.73 Å². The number of hydrogen-bond donors (Lipinski definition) is 2. The molecule has 1 aromatic rings. The van der Waals surface area contributed by atoms with Gasteiger partial charge in [0.05, 0.1) is 5.54 Å². The van der Waals surface area contributed by atoms with Crippen LogP contribution >= 0.6 is 15.9 Å². The minimum Gasteiger partial charge on any atom is -0.376 e. The topological polar surface area (TPSA) is 41.3 Å². The zero-order valence-electron chi connectivity index (χ0n) is 9.54. The summed E-state index contributed by atoms with van der Waals surface area (Å²) in [5.41, 5.74) is 7.08. The Kier molecular flexibility index (Phi) is 3.52. The zero-order chi connectivity index (χ0) is 11.6. The van der Waals surface area contributed by atoms with Crippen LogP contribution < -0.4 is 11.1 Å². The van der Waals surface area contributed by atoms with Crippen molar-refractivity contribution in [2.24, 2.45) is 5.73 Å². The summed E-state index contributed by atoms with van der Waals surface area (Å²) in [6.45, 7) is 2.78. The molecule has 0 amide bonds. The number of para-hydroxylation sites is 1. The van der Waals surface area contributed by atoms with E-state index < -0.39 is 0 Å². The van der Waals surface area contributed by atoms with Gasteiger partial charge in [-0.05, 0) is 41.5 Å². The summed E-state index contributed by atoms with van der Waals surface area (Å²) in [4.78, 5) is 2.32. The minimum atomic E-state index is 0.0264. The third kappa shape index (κ3) is 2.39. The molecule has 0 aliphatic carbocycles. The van der Waals surface area contributed by atoms with Crippen LogP contribution in [-0.2, 0) is 0 Å². The van der Waals surface area contributed by atoms with Crippen LogP contribution in [0.3, 0.4) is 0 Å². The van der Waals surface area contributed by atoms with Gasteiger partial charge in [0, 0.05) is 29.8 Å². The van der Waals surface area contributed by atoms with Crippen molar-refractivity contribution in [1.82, 2.24) is 4.90 Å². The molecule has 0 bridgehead atoms. The van der Waals surface area contributed by atoms with Gasteiger partial charge in [-0.15, -0.1) is 0 Å². The van der Waals surface area contributed by atoms with E-state index in [0.29, 0.717) is 6.54 Å². The first-order valence-electron chi connectivity index (χ1n) is 5.56. The van der Waals surface area contributed by atoms with Gasteiger partial charge in [-0.3, -0.25) is 0 Å². The third-order valence-corrected chi connectivity index (χ3v) is 3.90. The van der Waals surface area contributed by atoms with Gasteiger partial charge in [0.15, 0.2) is 0 Å². The molecule has 0 spiro atoms. The molecule has 1 aromatic carbocycles. The second kappa shape index (κ2) is 4.73. The van der Waals surface area contributed by atoms with Gasteiger partial charge in [0.25, 0.3) is 0 Å². The molecule has 1 saturated heterocycles. The van der Waals surface area contributed by atoms with E-state index in [1.165, 1.54) is 0 Å². The van der Waals surface area contributed by atoms with Gasteiger partial charge < -0.3 is 16.0 Å². The molecule has 3 nitrogen and oxygen atoms in total. The lowest BCUT2D eigenvalue weighted by Gasteiger charge is -2.30. The lowest BCUT2D eigenvalue weighted by molar-refractivity contribution is 0.385. The maximum atomic E-state index is 5.92. The van der Waals surface area contributed by atoms with Crippen LogP contribution in [0.2, 0.25) is 0 Å². The average molecular weight is 284 g/mol. The maximum Gasteiger partial charge on any atom is 0.0634 e. The van der Waals surface area contributed by atoms with Crippen molar-refractivity contribution < 1.29 is 0 Å². The summed E-state index contributed by atoms with van der Waals surface area (Å²) in [6, 6.07) is 8.19. The van der Waals surface area contributed by atoms with Crippen LogP contribution in [0.5, 0.6) is 0 Å². The molecular formula is C12H18BrN3. The van der Waals surface area contributed by atoms with Gasteiger partial charge in [-0.25, -0.2) is 0 Å². The van der Waals surface area contributed by atoms with Crippen molar-refractivity contribution in [3.8, 4) is 0 Å². The number of anilines is 1. The normalized spacial score (nSPS) is 25.9. The largest absolute Gasteiger partial charge is 0.376 e. The molecule has 0 radical (unpaired) electrons. The van der Waals surface area contributed by atoms with E-state index in [-0.39, 0.29) is 5.54 Å². The minimum absolute atomic E-state index is 0.0264. The number of halogens is 1. The fourth-order valence-electron chi connectivity index (χ4n) is 2.25. The summed E-state index contributed by atoms with van der Waals surface area (Å²) >= 11 is 3.56. The molecule has 88 valence electrons. The summed E-state index contributed by atoms with van der Waals surface area (Å²) in [5.74, 6) is 0. The molecule has 4 heteroatoms. The van der Waals surface area contributed by atoms with Crippen LogP contribution in [0.1, 0.15) is 6.42 Å². The van der Waals surface area contributed by atoms with Crippen molar-refractivity contribution in [2.75, 3.05) is 32.0 Å². The van der Waals surface area contributed by atoms with Gasteiger partial charge in [0.2, 0.25) is 0 Å². The number of nitrogens with one attached hydrogen (secondary N) is 1. The summed E-state index contributed by atoms with van der Waals surface area (Å²) in [5, 5.41) is 3.59. The standard InChI is InChI=1S/C12H18BrN3/c1-16-7-6-12(8-14,9-16)15-11-5-3-2-4-10(11)13/h2-5,15H,6-9,14H2,1H3. The van der Waals surface area contributed by atoms with Crippen molar-refractivity contribution in [3.05, 3.63) is 28.7 Å².